The molecule has 8 heteroatoms. The fraction of sp³-hybridized carbons (Fsp3) is 0.483. The van der Waals surface area contributed by atoms with Gasteiger partial charge in [-0.15, -0.1) is 0 Å². The maximum atomic E-state index is 13.4. The first kappa shape index (κ1) is 24.1. The molecule has 1 saturated heterocycles. The zero-order valence-electron chi connectivity index (χ0n) is 22.2. The van der Waals surface area contributed by atoms with E-state index in [2.05, 4.69) is 59.2 Å². The minimum absolute atomic E-state index is 0.0145. The second-order valence-electron chi connectivity index (χ2n) is 11.0. The van der Waals surface area contributed by atoms with E-state index in [1.54, 1.807) is 11.7 Å². The summed E-state index contributed by atoms with van der Waals surface area (Å²) in [6, 6.07) is 10.8. The van der Waals surface area contributed by atoms with E-state index in [4.69, 9.17) is 9.72 Å². The van der Waals surface area contributed by atoms with E-state index in [0.29, 0.717) is 5.92 Å². The number of hydrogen-bond acceptors (Lipinski definition) is 6. The van der Waals surface area contributed by atoms with Crippen molar-refractivity contribution in [2.24, 2.45) is 13.0 Å². The van der Waals surface area contributed by atoms with Crippen molar-refractivity contribution in [3.05, 3.63) is 53.2 Å². The van der Waals surface area contributed by atoms with E-state index in [-0.39, 0.29) is 17.8 Å². The molecular formula is C29H36N6O2. The van der Waals surface area contributed by atoms with Crippen molar-refractivity contribution in [1.82, 2.24) is 24.0 Å². The van der Waals surface area contributed by atoms with Gasteiger partial charge in [0, 0.05) is 57.0 Å². The third kappa shape index (κ3) is 4.32. The highest BCUT2D eigenvalue weighted by atomic mass is 16.5. The van der Waals surface area contributed by atoms with E-state index in [1.165, 1.54) is 6.42 Å². The number of hydrogen-bond donors (Lipinski definition) is 0. The van der Waals surface area contributed by atoms with Gasteiger partial charge in [-0.2, -0.15) is 0 Å². The molecule has 0 N–H and O–H groups in total. The van der Waals surface area contributed by atoms with Crippen LogP contribution in [0.2, 0.25) is 0 Å². The Kier molecular flexibility index (Phi) is 6.24. The minimum atomic E-state index is 0.0145. The van der Waals surface area contributed by atoms with Crippen LogP contribution >= 0.6 is 0 Å². The van der Waals surface area contributed by atoms with Crippen LogP contribution in [0.15, 0.2) is 47.5 Å². The van der Waals surface area contributed by atoms with Crippen LogP contribution in [-0.2, 0) is 11.8 Å². The summed E-state index contributed by atoms with van der Waals surface area (Å²) in [7, 11) is 7.88. The number of nitrogens with zero attached hydrogens (tertiary/aromatic N) is 6. The molecule has 6 rings (SSSR count). The molecule has 1 aliphatic heterocycles. The highest BCUT2D eigenvalue weighted by Gasteiger charge is 2.30. The van der Waals surface area contributed by atoms with E-state index in [9.17, 15) is 4.79 Å². The Hall–Kier alpha value is -3.23. The number of pyridine rings is 2. The van der Waals surface area contributed by atoms with Crippen LogP contribution in [-0.4, -0.2) is 70.9 Å². The van der Waals surface area contributed by atoms with Crippen LogP contribution in [0.5, 0.6) is 0 Å². The van der Waals surface area contributed by atoms with E-state index >= 15 is 0 Å². The Morgan fingerprint density at radius 3 is 2.62 bits per heavy atom. The number of rotatable bonds is 6. The Bertz CT molecular complexity index is 1490. The maximum absolute atomic E-state index is 13.4. The predicted octanol–water partition coefficient (Wildman–Crippen LogP) is 4.08. The number of imidazole rings is 1. The second kappa shape index (κ2) is 9.58. The molecule has 2 fully saturated rings. The summed E-state index contributed by atoms with van der Waals surface area (Å²) < 4.78 is 9.32. The van der Waals surface area contributed by atoms with E-state index < -0.39 is 0 Å². The number of benzene rings is 1. The number of ether oxygens (including phenoxy) is 1. The van der Waals surface area contributed by atoms with Gasteiger partial charge in [-0.1, -0.05) is 6.07 Å². The average molecular weight is 501 g/mol. The van der Waals surface area contributed by atoms with Crippen LogP contribution < -0.4 is 10.6 Å². The summed E-state index contributed by atoms with van der Waals surface area (Å²) in [5, 5.41) is 1.00. The summed E-state index contributed by atoms with van der Waals surface area (Å²) in [6.07, 6.45) is 7.99. The number of anilines is 1. The number of methoxy groups -OCH3 is 1. The monoisotopic (exact) mass is 500 g/mol. The summed E-state index contributed by atoms with van der Waals surface area (Å²) in [4.78, 5) is 27.5. The van der Waals surface area contributed by atoms with Gasteiger partial charge in [0.2, 0.25) is 0 Å². The molecule has 0 amide bonds. The van der Waals surface area contributed by atoms with Gasteiger partial charge < -0.3 is 14.5 Å². The SMILES string of the molecule is CO[C@H]1CC[C@H](n2c(=O)n(C)c3cnc4ccc(-c5ccc(N6CC[C@@H](CN(C)C)C6)nc5)cc4c32)C1. The molecule has 3 aromatic heterocycles. The van der Waals surface area contributed by atoms with Crippen molar-refractivity contribution >= 4 is 27.8 Å². The summed E-state index contributed by atoms with van der Waals surface area (Å²) in [5.74, 6) is 1.73. The molecule has 2 aliphatic rings. The van der Waals surface area contributed by atoms with Gasteiger partial charge >= 0.3 is 5.69 Å². The zero-order chi connectivity index (χ0) is 25.7. The molecule has 8 nitrogen and oxygen atoms in total. The Morgan fingerprint density at radius 1 is 1.05 bits per heavy atom. The molecule has 4 heterocycles. The lowest BCUT2D eigenvalue weighted by Gasteiger charge is -2.19. The van der Waals surface area contributed by atoms with Crippen molar-refractivity contribution in [3.8, 4) is 11.1 Å². The third-order valence-electron chi connectivity index (χ3n) is 8.29. The first-order chi connectivity index (χ1) is 17.9. The summed E-state index contributed by atoms with van der Waals surface area (Å²) in [5.41, 5.74) is 4.89. The Labute approximate surface area is 217 Å². The van der Waals surface area contributed by atoms with Crippen molar-refractivity contribution in [3.63, 3.8) is 0 Å². The molecule has 0 radical (unpaired) electrons. The zero-order valence-corrected chi connectivity index (χ0v) is 22.2. The molecule has 37 heavy (non-hydrogen) atoms. The van der Waals surface area contributed by atoms with Gasteiger partial charge in [0.25, 0.3) is 0 Å². The van der Waals surface area contributed by atoms with Crippen molar-refractivity contribution in [2.45, 2.75) is 37.8 Å². The van der Waals surface area contributed by atoms with Crippen molar-refractivity contribution in [1.29, 1.82) is 0 Å². The lowest BCUT2D eigenvalue weighted by molar-refractivity contribution is 0.106. The van der Waals surface area contributed by atoms with Crippen LogP contribution in [0.25, 0.3) is 33.1 Å². The summed E-state index contributed by atoms with van der Waals surface area (Å²) >= 11 is 0. The van der Waals surface area contributed by atoms with Crippen LogP contribution in [0.1, 0.15) is 31.7 Å². The minimum Gasteiger partial charge on any atom is -0.381 e. The fourth-order valence-electron chi connectivity index (χ4n) is 6.36. The molecule has 0 spiro atoms. The molecule has 3 atom stereocenters. The Balaban J connectivity index is 1.36. The van der Waals surface area contributed by atoms with Gasteiger partial charge in [0.05, 0.1) is 28.9 Å². The van der Waals surface area contributed by atoms with Gasteiger partial charge in [-0.05, 0) is 75.5 Å². The molecule has 0 unspecified atom stereocenters. The first-order valence-electron chi connectivity index (χ1n) is 13.3. The molecule has 4 aromatic rings. The molecule has 0 bridgehead atoms. The van der Waals surface area contributed by atoms with Crippen LogP contribution in [0.4, 0.5) is 5.82 Å². The van der Waals surface area contributed by atoms with E-state index in [0.717, 1.165) is 77.8 Å². The predicted molar refractivity (Wildman–Crippen MR) is 148 cm³/mol. The molecule has 1 aromatic carbocycles. The average Bonchev–Trinajstić information content (AvgIpc) is 3.62. The topological polar surface area (TPSA) is 68.4 Å². The van der Waals surface area contributed by atoms with Crippen LogP contribution in [0.3, 0.4) is 0 Å². The highest BCUT2D eigenvalue weighted by Crippen LogP contribution is 2.36. The van der Waals surface area contributed by atoms with Gasteiger partial charge in [-0.25, -0.2) is 9.78 Å². The smallest absolute Gasteiger partial charge is 0.329 e. The quantitative estimate of drug-likeness (QED) is 0.398. The van der Waals surface area contributed by atoms with Crippen molar-refractivity contribution < 1.29 is 4.74 Å². The maximum Gasteiger partial charge on any atom is 0.329 e. The summed E-state index contributed by atoms with van der Waals surface area (Å²) in [6.45, 7) is 3.23. The highest BCUT2D eigenvalue weighted by molar-refractivity contribution is 6.04. The van der Waals surface area contributed by atoms with Crippen LogP contribution in [0, 0.1) is 5.92 Å². The first-order valence-corrected chi connectivity index (χ1v) is 13.3. The second-order valence-corrected chi connectivity index (χ2v) is 11.0. The molecular weight excluding hydrogens is 464 g/mol. The van der Waals surface area contributed by atoms with Gasteiger partial charge in [0.1, 0.15) is 5.82 Å². The molecule has 1 saturated carbocycles. The normalized spacial score (nSPS) is 22.2. The number of fused-ring (bicyclic) bond motifs is 3. The number of aromatic nitrogens is 4. The largest absolute Gasteiger partial charge is 0.381 e. The Morgan fingerprint density at radius 2 is 1.89 bits per heavy atom. The lowest BCUT2D eigenvalue weighted by Crippen LogP contribution is -2.26. The lowest BCUT2D eigenvalue weighted by atomic mass is 10.0. The standard InChI is InChI=1S/C29H36N6O2/c1-32(2)17-19-11-12-34(18-19)27-10-6-21(15-31-27)20-5-9-25-24(13-20)28-26(16-30-25)33(3)29(36)35(28)22-7-8-23(14-22)37-4/h5-6,9-10,13,15-16,19,22-23H,7-8,11-12,14,17-18H2,1-4H3/t19-,22-,23-/m0/s1. The fourth-order valence-corrected chi connectivity index (χ4v) is 6.36. The van der Waals surface area contributed by atoms with Crippen molar-refractivity contribution in [2.75, 3.05) is 45.7 Å². The molecule has 194 valence electrons. The van der Waals surface area contributed by atoms with E-state index in [1.807, 2.05) is 24.0 Å². The number of aryl methyl sites for hydroxylation is 1. The third-order valence-corrected chi connectivity index (χ3v) is 8.29. The van der Waals surface area contributed by atoms with Gasteiger partial charge in [0.15, 0.2) is 0 Å². The molecule has 1 aliphatic carbocycles. The van der Waals surface area contributed by atoms with Gasteiger partial charge in [-0.3, -0.25) is 14.1 Å².